The van der Waals surface area contributed by atoms with Gasteiger partial charge in [-0.05, 0) is 70.2 Å². The molecule has 0 unspecified atom stereocenters. The highest BCUT2D eigenvalue weighted by atomic mass is 35.5. The molecule has 4 amide bonds. The maximum absolute atomic E-state index is 14.3. The fraction of sp³-hybridized carbons (Fsp3) is 0.500. The highest BCUT2D eigenvalue weighted by Gasteiger charge is 2.47. The third kappa shape index (κ3) is 9.25. The van der Waals surface area contributed by atoms with Crippen LogP contribution >= 0.6 is 23.2 Å². The molecule has 5 N–H and O–H groups in total. The highest BCUT2D eigenvalue weighted by Crippen LogP contribution is 2.33. The van der Waals surface area contributed by atoms with Crippen molar-refractivity contribution >= 4 is 46.8 Å². The number of rotatable bonds is 11. The second-order valence-corrected chi connectivity index (χ2v) is 13.0. The Bertz CT molecular complexity index is 1270. The van der Waals surface area contributed by atoms with Gasteiger partial charge in [-0.25, -0.2) is 0 Å². The monoisotopic (exact) mass is 632 g/mol. The minimum absolute atomic E-state index is 0.0450. The van der Waals surface area contributed by atoms with Crippen LogP contribution in [0.25, 0.3) is 0 Å². The number of primary amides is 1. The van der Waals surface area contributed by atoms with Gasteiger partial charge >= 0.3 is 0 Å². The number of nitrogens with zero attached hydrogens (tertiary/aromatic N) is 2. The molecule has 11 heteroatoms. The number of imide groups is 1. The molecule has 2 aromatic carbocycles. The summed E-state index contributed by atoms with van der Waals surface area (Å²) in [7, 11) is 0. The first-order chi connectivity index (χ1) is 20.2. The molecule has 9 nitrogen and oxygen atoms in total. The van der Waals surface area contributed by atoms with Crippen LogP contribution in [0.15, 0.2) is 48.5 Å². The third-order valence-corrected chi connectivity index (χ3v) is 8.10. The predicted octanol–water partition coefficient (Wildman–Crippen LogP) is 4.69. The molecular weight excluding hydrogens is 591 g/mol. The summed E-state index contributed by atoms with van der Waals surface area (Å²) in [6.45, 7) is 5.37. The van der Waals surface area contributed by atoms with Crippen molar-refractivity contribution in [2.45, 2.75) is 96.0 Å². The highest BCUT2D eigenvalue weighted by molar-refractivity contribution is 6.35. The van der Waals surface area contributed by atoms with Gasteiger partial charge < -0.3 is 21.5 Å². The van der Waals surface area contributed by atoms with Crippen molar-refractivity contribution in [3.63, 3.8) is 0 Å². The van der Waals surface area contributed by atoms with Crippen LogP contribution in [0.5, 0.6) is 0 Å². The zero-order valence-electron chi connectivity index (χ0n) is 25.0. The van der Waals surface area contributed by atoms with E-state index in [1.165, 1.54) is 23.1 Å². The summed E-state index contributed by atoms with van der Waals surface area (Å²) < 4.78 is 0. The lowest BCUT2D eigenvalue weighted by atomic mass is 9.86. The van der Waals surface area contributed by atoms with Crippen molar-refractivity contribution in [3.05, 3.63) is 69.7 Å². The molecule has 0 heterocycles. The topological polar surface area (TPSA) is 147 Å². The van der Waals surface area contributed by atoms with Gasteiger partial charge in [-0.2, -0.15) is 0 Å². The molecule has 3 atom stereocenters. The lowest BCUT2D eigenvalue weighted by molar-refractivity contribution is -0.162. The molecule has 0 aromatic heterocycles. The summed E-state index contributed by atoms with van der Waals surface area (Å²) >= 11 is 12.4. The Kier molecular flexibility index (Phi) is 12.2. The van der Waals surface area contributed by atoms with E-state index >= 15 is 0 Å². The van der Waals surface area contributed by atoms with E-state index in [4.69, 9.17) is 34.7 Å². The maximum Gasteiger partial charge on any atom is 0.262 e. The van der Waals surface area contributed by atoms with E-state index in [9.17, 15) is 24.3 Å². The maximum atomic E-state index is 14.3. The number of hydrogen-bond acceptors (Lipinski definition) is 6. The van der Waals surface area contributed by atoms with E-state index in [1.807, 2.05) is 30.3 Å². The second kappa shape index (κ2) is 15.1. The number of aliphatic hydroxyl groups excluding tert-OH is 1. The van der Waals surface area contributed by atoms with Crippen LogP contribution in [0.2, 0.25) is 10.0 Å². The zero-order chi connectivity index (χ0) is 31.9. The lowest BCUT2D eigenvalue weighted by Crippen LogP contribution is -2.67. The molecule has 1 aliphatic rings. The minimum atomic E-state index is -1.51. The van der Waals surface area contributed by atoms with Crippen molar-refractivity contribution < 1.29 is 24.3 Å². The number of hydrogen-bond donors (Lipinski definition) is 3. The number of amides is 4. The van der Waals surface area contributed by atoms with Crippen LogP contribution in [0, 0.1) is 5.92 Å². The molecular formula is C32H42Cl2N4O5. The van der Waals surface area contributed by atoms with E-state index in [2.05, 4.69) is 0 Å². The fourth-order valence-electron chi connectivity index (χ4n) is 5.62. The summed E-state index contributed by atoms with van der Waals surface area (Å²) in [6.07, 6.45) is 1.21. The number of halogens is 2. The van der Waals surface area contributed by atoms with Crippen molar-refractivity contribution in [1.82, 2.24) is 9.80 Å². The van der Waals surface area contributed by atoms with E-state index in [-0.39, 0.29) is 33.9 Å². The van der Waals surface area contributed by atoms with Gasteiger partial charge in [0, 0.05) is 27.1 Å². The van der Waals surface area contributed by atoms with Gasteiger partial charge in [0.1, 0.15) is 6.17 Å². The average Bonchev–Trinajstić information content (AvgIpc) is 2.94. The first-order valence-corrected chi connectivity index (χ1v) is 15.4. The lowest BCUT2D eigenvalue weighted by Gasteiger charge is -2.49. The Morgan fingerprint density at radius 1 is 0.977 bits per heavy atom. The first kappa shape index (κ1) is 34.5. The quantitative estimate of drug-likeness (QED) is 0.306. The number of aliphatic hydroxyl groups is 1. The molecule has 1 saturated carbocycles. The summed E-state index contributed by atoms with van der Waals surface area (Å²) in [5.74, 6) is -3.29. The van der Waals surface area contributed by atoms with Crippen molar-refractivity contribution in [3.8, 4) is 0 Å². The third-order valence-electron chi connectivity index (χ3n) is 7.66. The molecule has 3 rings (SSSR count). The molecule has 0 aliphatic heterocycles. The van der Waals surface area contributed by atoms with Crippen molar-refractivity contribution in [2.75, 3.05) is 0 Å². The Hall–Kier alpha value is -2.98. The predicted molar refractivity (Wildman–Crippen MR) is 167 cm³/mol. The van der Waals surface area contributed by atoms with Gasteiger partial charge in [0.2, 0.25) is 17.7 Å². The molecule has 1 fully saturated rings. The summed E-state index contributed by atoms with van der Waals surface area (Å²) in [5.41, 5.74) is 11.4. The van der Waals surface area contributed by atoms with E-state index < -0.39 is 48.0 Å². The number of carbonyl (C=O) groups excluding carboxylic acids is 4. The second-order valence-electron chi connectivity index (χ2n) is 12.2. The SMILES string of the molecule is CC(C)(C)N(C(=O)C1CCCCC1)[C@@H]([C@H](O)CCc1ccccc1)N(C(=O)c1cc(Cl)cc(Cl)c1)C(=O)[C@@H](N)CC(N)=O. The van der Waals surface area contributed by atoms with Gasteiger partial charge in [0.05, 0.1) is 18.6 Å². The van der Waals surface area contributed by atoms with Crippen LogP contribution in [0.4, 0.5) is 0 Å². The fourth-order valence-corrected chi connectivity index (χ4v) is 6.15. The molecule has 0 saturated heterocycles. The van der Waals surface area contributed by atoms with Crippen LogP contribution in [0.3, 0.4) is 0 Å². The van der Waals surface area contributed by atoms with E-state index in [0.717, 1.165) is 29.7 Å². The first-order valence-electron chi connectivity index (χ1n) is 14.6. The Labute approximate surface area is 263 Å². The molecule has 0 bridgehead atoms. The van der Waals surface area contributed by atoms with Gasteiger partial charge in [-0.15, -0.1) is 0 Å². The summed E-state index contributed by atoms with van der Waals surface area (Å²) in [6, 6.07) is 12.0. The van der Waals surface area contributed by atoms with Crippen LogP contribution in [0.1, 0.15) is 81.6 Å². The summed E-state index contributed by atoms with van der Waals surface area (Å²) in [5, 5.41) is 12.2. The van der Waals surface area contributed by atoms with Gasteiger partial charge in [0.15, 0.2) is 0 Å². The zero-order valence-corrected chi connectivity index (χ0v) is 26.5. The van der Waals surface area contributed by atoms with Gasteiger partial charge in [-0.3, -0.25) is 24.1 Å². The molecule has 0 spiro atoms. The largest absolute Gasteiger partial charge is 0.389 e. The van der Waals surface area contributed by atoms with Crippen LogP contribution in [-0.4, -0.2) is 62.4 Å². The van der Waals surface area contributed by atoms with Crippen molar-refractivity contribution in [1.29, 1.82) is 0 Å². The molecule has 2 aromatic rings. The average molecular weight is 634 g/mol. The smallest absolute Gasteiger partial charge is 0.262 e. The normalized spacial score (nSPS) is 16.2. The number of nitrogens with two attached hydrogens (primary N) is 2. The summed E-state index contributed by atoms with van der Waals surface area (Å²) in [4.78, 5) is 56.7. The number of aryl methyl sites for hydroxylation is 1. The minimum Gasteiger partial charge on any atom is -0.389 e. The molecule has 1 aliphatic carbocycles. The molecule has 0 radical (unpaired) electrons. The molecule has 43 heavy (non-hydrogen) atoms. The Morgan fingerprint density at radius 3 is 2.09 bits per heavy atom. The Morgan fingerprint density at radius 2 is 1.56 bits per heavy atom. The van der Waals surface area contributed by atoms with E-state index in [0.29, 0.717) is 19.3 Å². The number of carbonyl (C=O) groups is 4. The number of benzene rings is 2. The van der Waals surface area contributed by atoms with Crippen LogP contribution in [-0.2, 0) is 20.8 Å². The van der Waals surface area contributed by atoms with Gasteiger partial charge in [0.25, 0.3) is 5.91 Å². The Balaban J connectivity index is 2.20. The van der Waals surface area contributed by atoms with E-state index in [1.54, 1.807) is 20.8 Å². The van der Waals surface area contributed by atoms with Crippen LogP contribution < -0.4 is 11.5 Å². The van der Waals surface area contributed by atoms with Gasteiger partial charge in [-0.1, -0.05) is 72.8 Å². The standard InChI is InChI=1S/C32H42Cl2N4O5/c1-32(2,3)38(30(42)21-12-8-5-9-13-21)28(26(39)15-14-20-10-6-4-7-11-20)37(31(43)25(35)19-27(36)40)29(41)22-16-23(33)18-24(34)17-22/h4,6-7,10-11,16-18,21,25-26,28,39H,5,8-9,12-15,19,35H2,1-3H3,(H2,36,40)/t25-,26+,28-/m0/s1. The molecule has 234 valence electrons. The van der Waals surface area contributed by atoms with Crippen molar-refractivity contribution in [2.24, 2.45) is 17.4 Å².